The van der Waals surface area contributed by atoms with E-state index in [-0.39, 0.29) is 36.2 Å². The molecule has 5 rings (SSSR count). The Morgan fingerprint density at radius 2 is 1.69 bits per heavy atom. The van der Waals surface area contributed by atoms with E-state index in [1.807, 2.05) is 11.0 Å². The highest BCUT2D eigenvalue weighted by Crippen LogP contribution is 2.51. The molecule has 174 valence electrons. The Labute approximate surface area is 186 Å². The van der Waals surface area contributed by atoms with Gasteiger partial charge >= 0.3 is 6.18 Å². The molecule has 2 saturated carbocycles. The largest absolute Gasteiger partial charge is 0.389 e. The third kappa shape index (κ3) is 4.14. The number of benzene rings is 1. The minimum absolute atomic E-state index is 0.0226. The summed E-state index contributed by atoms with van der Waals surface area (Å²) in [6, 6.07) is 10.1. The van der Waals surface area contributed by atoms with Gasteiger partial charge in [-0.05, 0) is 43.6 Å². The van der Waals surface area contributed by atoms with E-state index in [1.165, 1.54) is 5.56 Å². The third-order valence-electron chi connectivity index (χ3n) is 7.76. The second kappa shape index (κ2) is 8.04. The van der Waals surface area contributed by atoms with Crippen molar-refractivity contribution in [3.05, 3.63) is 35.9 Å². The topological polar surface area (TPSA) is 43.9 Å². The molecule has 1 aromatic rings. The van der Waals surface area contributed by atoms with Crippen LogP contribution in [0.15, 0.2) is 30.3 Å². The van der Waals surface area contributed by atoms with Crippen LogP contribution < -0.4 is 0 Å². The zero-order chi connectivity index (χ0) is 22.5. The second-order valence-corrected chi connectivity index (χ2v) is 9.79. The van der Waals surface area contributed by atoms with E-state index in [0.29, 0.717) is 25.4 Å². The van der Waals surface area contributed by atoms with Gasteiger partial charge in [0.25, 0.3) is 0 Å². The average molecular weight is 450 g/mol. The summed E-state index contributed by atoms with van der Waals surface area (Å²) in [7, 11) is 0. The lowest BCUT2D eigenvalue weighted by Crippen LogP contribution is -2.56. The molecular weight excluding hydrogens is 419 g/mol. The van der Waals surface area contributed by atoms with Crippen LogP contribution in [-0.4, -0.2) is 71.0 Å². The fourth-order valence-corrected chi connectivity index (χ4v) is 5.82. The second-order valence-electron chi connectivity index (χ2n) is 9.79. The number of nitrogens with zero attached hydrogens (tertiary/aromatic N) is 3. The molecule has 8 heteroatoms. The van der Waals surface area contributed by atoms with E-state index < -0.39 is 18.6 Å². The quantitative estimate of drug-likeness (QED) is 0.667. The number of alkyl halides is 3. The van der Waals surface area contributed by atoms with Gasteiger partial charge in [-0.15, -0.1) is 0 Å². The van der Waals surface area contributed by atoms with Crippen LogP contribution in [0.3, 0.4) is 0 Å². The Morgan fingerprint density at radius 3 is 2.31 bits per heavy atom. The van der Waals surface area contributed by atoms with Crippen molar-refractivity contribution in [1.82, 2.24) is 14.7 Å². The molecule has 0 unspecified atom stereocenters. The number of amides is 2. The minimum atomic E-state index is -4.25. The van der Waals surface area contributed by atoms with Gasteiger partial charge in [-0.25, -0.2) is 0 Å². The number of fused-ring (bicyclic) bond motifs is 1. The van der Waals surface area contributed by atoms with Gasteiger partial charge in [0.15, 0.2) is 0 Å². The van der Waals surface area contributed by atoms with Crippen molar-refractivity contribution in [3.8, 4) is 0 Å². The summed E-state index contributed by atoms with van der Waals surface area (Å²) in [5.41, 5.74) is 1.44. The molecule has 32 heavy (non-hydrogen) atoms. The monoisotopic (exact) mass is 449 g/mol. The Balaban J connectivity index is 1.18. The first-order chi connectivity index (χ1) is 15.3. The normalized spacial score (nSPS) is 29.0. The van der Waals surface area contributed by atoms with Crippen molar-refractivity contribution in [2.45, 2.75) is 68.7 Å². The van der Waals surface area contributed by atoms with E-state index in [1.54, 1.807) is 4.90 Å². The maximum atomic E-state index is 13.3. The Kier molecular flexibility index (Phi) is 5.47. The van der Waals surface area contributed by atoms with E-state index in [0.717, 1.165) is 32.4 Å². The zero-order valence-corrected chi connectivity index (χ0v) is 18.2. The van der Waals surface area contributed by atoms with Crippen LogP contribution in [0, 0.1) is 5.92 Å². The average Bonchev–Trinajstić information content (AvgIpc) is 3.70. The van der Waals surface area contributed by atoms with E-state index >= 15 is 0 Å². The number of halogens is 3. The van der Waals surface area contributed by atoms with Gasteiger partial charge in [-0.1, -0.05) is 30.3 Å². The lowest BCUT2D eigenvalue weighted by atomic mass is 10.0. The number of carbonyl (C=O) groups is 2. The highest BCUT2D eigenvalue weighted by atomic mass is 19.4. The Morgan fingerprint density at radius 1 is 1.00 bits per heavy atom. The van der Waals surface area contributed by atoms with Crippen LogP contribution >= 0.6 is 0 Å². The molecule has 3 atom stereocenters. The highest BCUT2D eigenvalue weighted by molar-refractivity contribution is 5.89. The molecular formula is C24H30F3N3O2. The summed E-state index contributed by atoms with van der Waals surface area (Å²) in [6.45, 7) is 2.88. The number of piperazine rings is 1. The van der Waals surface area contributed by atoms with Crippen LogP contribution in [0.4, 0.5) is 13.2 Å². The van der Waals surface area contributed by atoms with Crippen LogP contribution in [0.1, 0.15) is 50.5 Å². The SMILES string of the molecule is O=C([C@@H]1C[C@@H]2C[C@@H]2N1C(=O)CCCC(F)(F)F)N1CCN(C2(c3ccccc3)CC2)CC1. The molecule has 0 aromatic heterocycles. The first-order valence-electron chi connectivity index (χ1n) is 11.8. The van der Waals surface area contributed by atoms with Gasteiger partial charge < -0.3 is 9.80 Å². The van der Waals surface area contributed by atoms with Gasteiger partial charge in [0.1, 0.15) is 6.04 Å². The number of piperidine rings is 1. The van der Waals surface area contributed by atoms with Crippen molar-refractivity contribution >= 4 is 11.8 Å². The lowest BCUT2D eigenvalue weighted by molar-refractivity contribution is -0.148. The van der Waals surface area contributed by atoms with E-state index in [4.69, 9.17) is 0 Å². The molecule has 4 fully saturated rings. The van der Waals surface area contributed by atoms with Crippen molar-refractivity contribution in [2.75, 3.05) is 26.2 Å². The summed E-state index contributed by atoms with van der Waals surface area (Å²) < 4.78 is 37.4. The van der Waals surface area contributed by atoms with Crippen molar-refractivity contribution in [2.24, 2.45) is 5.92 Å². The van der Waals surface area contributed by atoms with Gasteiger partial charge in [0.2, 0.25) is 11.8 Å². The maximum absolute atomic E-state index is 13.3. The minimum Gasteiger partial charge on any atom is -0.338 e. The van der Waals surface area contributed by atoms with Gasteiger partial charge in [-0.2, -0.15) is 13.2 Å². The molecule has 5 nitrogen and oxygen atoms in total. The van der Waals surface area contributed by atoms with Gasteiger partial charge in [0, 0.05) is 50.6 Å². The first-order valence-corrected chi connectivity index (χ1v) is 11.8. The molecule has 0 bridgehead atoms. The van der Waals surface area contributed by atoms with Crippen LogP contribution in [0.2, 0.25) is 0 Å². The predicted molar refractivity (Wildman–Crippen MR) is 113 cm³/mol. The first kappa shape index (κ1) is 21.7. The van der Waals surface area contributed by atoms with Crippen LogP contribution in [-0.2, 0) is 15.1 Å². The number of hydrogen-bond acceptors (Lipinski definition) is 3. The maximum Gasteiger partial charge on any atom is 0.389 e. The Bertz CT molecular complexity index is 863. The van der Waals surface area contributed by atoms with Crippen molar-refractivity contribution < 1.29 is 22.8 Å². The molecule has 2 saturated heterocycles. The third-order valence-corrected chi connectivity index (χ3v) is 7.76. The summed E-state index contributed by atoms with van der Waals surface area (Å²) >= 11 is 0. The Hall–Kier alpha value is -2.09. The van der Waals surface area contributed by atoms with Crippen molar-refractivity contribution in [3.63, 3.8) is 0 Å². The molecule has 4 aliphatic rings. The fourth-order valence-electron chi connectivity index (χ4n) is 5.82. The van der Waals surface area contributed by atoms with Crippen molar-refractivity contribution in [1.29, 1.82) is 0 Å². The molecule has 2 heterocycles. The van der Waals surface area contributed by atoms with Crippen LogP contribution in [0.25, 0.3) is 0 Å². The fraction of sp³-hybridized carbons (Fsp3) is 0.667. The van der Waals surface area contributed by atoms with Gasteiger partial charge in [-0.3, -0.25) is 14.5 Å². The molecule has 1 aromatic carbocycles. The summed E-state index contributed by atoms with van der Waals surface area (Å²) in [6.07, 6.45) is -1.75. The molecule has 0 radical (unpaired) electrons. The number of likely N-dealkylation sites (tertiary alicyclic amines) is 1. The summed E-state index contributed by atoms with van der Waals surface area (Å²) in [4.78, 5) is 32.0. The lowest BCUT2D eigenvalue weighted by Gasteiger charge is -2.41. The predicted octanol–water partition coefficient (Wildman–Crippen LogP) is 3.54. The molecule has 2 aliphatic carbocycles. The van der Waals surface area contributed by atoms with Crippen LogP contribution in [0.5, 0.6) is 0 Å². The molecule has 0 N–H and O–H groups in total. The smallest absolute Gasteiger partial charge is 0.338 e. The van der Waals surface area contributed by atoms with E-state index in [9.17, 15) is 22.8 Å². The zero-order valence-electron chi connectivity index (χ0n) is 18.2. The summed E-state index contributed by atoms with van der Waals surface area (Å²) in [5.74, 6) is 0.0208. The summed E-state index contributed by atoms with van der Waals surface area (Å²) in [5, 5.41) is 0. The molecule has 2 amide bonds. The van der Waals surface area contributed by atoms with Gasteiger partial charge in [0.05, 0.1) is 0 Å². The number of carbonyl (C=O) groups excluding carboxylic acids is 2. The standard InChI is InChI=1S/C24H30F3N3O2/c25-24(26,27)8-4-7-21(31)30-19-15-17(19)16-20(30)22(32)28-11-13-29(14-12-28)23(9-10-23)18-5-2-1-3-6-18/h1-3,5-6,17,19-20H,4,7-16H2/t17-,19-,20-/m0/s1. The number of hydrogen-bond donors (Lipinski definition) is 0. The number of rotatable bonds is 6. The highest BCUT2D eigenvalue weighted by Gasteiger charge is 2.57. The molecule has 0 spiro atoms. The van der Waals surface area contributed by atoms with E-state index in [2.05, 4.69) is 29.2 Å². The molecule has 2 aliphatic heterocycles.